The van der Waals surface area contributed by atoms with Gasteiger partial charge in [-0.3, -0.25) is 0 Å². The third-order valence-electron chi connectivity index (χ3n) is 2.72. The normalized spacial score (nSPS) is 20.7. The van der Waals surface area contributed by atoms with E-state index in [1.165, 1.54) is 0 Å². The molecule has 1 saturated heterocycles. The highest BCUT2D eigenvalue weighted by atomic mass is 32.2. The van der Waals surface area contributed by atoms with Crippen LogP contribution < -0.4 is 10.0 Å². The standard InChI is InChI=1S/C11H25N3O2S/c1-5-12-10-6-8-14(9-7-10)17(15,16)13-11(2,3)4/h10,12-13H,5-9H2,1-4H3. The summed E-state index contributed by atoms with van der Waals surface area (Å²) in [6.07, 6.45) is 1.78. The minimum absolute atomic E-state index is 0.419. The molecule has 1 rings (SSSR count). The SMILES string of the molecule is CCNC1CCN(S(=O)(=O)NC(C)(C)C)CC1. The Balaban J connectivity index is 2.53. The first-order chi connectivity index (χ1) is 7.74. The van der Waals surface area contributed by atoms with Crippen molar-refractivity contribution in [2.45, 2.75) is 52.1 Å². The molecule has 102 valence electrons. The minimum atomic E-state index is -3.32. The van der Waals surface area contributed by atoms with Crippen molar-refractivity contribution in [3.8, 4) is 0 Å². The lowest BCUT2D eigenvalue weighted by atomic mass is 10.1. The van der Waals surface area contributed by atoms with E-state index in [0.29, 0.717) is 19.1 Å². The maximum atomic E-state index is 12.1. The molecule has 1 heterocycles. The van der Waals surface area contributed by atoms with Gasteiger partial charge in [0.2, 0.25) is 0 Å². The van der Waals surface area contributed by atoms with Crippen LogP contribution in [0, 0.1) is 0 Å². The van der Waals surface area contributed by atoms with Gasteiger partial charge in [-0.2, -0.15) is 17.4 Å². The third-order valence-corrected chi connectivity index (χ3v) is 4.64. The van der Waals surface area contributed by atoms with Crippen molar-refractivity contribution in [1.29, 1.82) is 0 Å². The van der Waals surface area contributed by atoms with E-state index in [-0.39, 0.29) is 0 Å². The molecule has 0 aromatic heterocycles. The number of nitrogens with one attached hydrogen (secondary N) is 2. The van der Waals surface area contributed by atoms with E-state index in [4.69, 9.17) is 0 Å². The number of nitrogens with zero attached hydrogens (tertiary/aromatic N) is 1. The smallest absolute Gasteiger partial charge is 0.279 e. The molecule has 1 aliphatic heterocycles. The Kier molecular flexibility index (Phi) is 4.95. The van der Waals surface area contributed by atoms with Crippen LogP contribution in [0.5, 0.6) is 0 Å². The first kappa shape index (κ1) is 14.9. The summed E-state index contributed by atoms with van der Waals surface area (Å²) in [4.78, 5) is 0. The van der Waals surface area contributed by atoms with Crippen molar-refractivity contribution < 1.29 is 8.42 Å². The van der Waals surface area contributed by atoms with Gasteiger partial charge in [0, 0.05) is 24.7 Å². The second-order valence-corrected chi connectivity index (χ2v) is 7.26. The van der Waals surface area contributed by atoms with E-state index in [1.54, 1.807) is 4.31 Å². The van der Waals surface area contributed by atoms with Gasteiger partial charge in [-0.25, -0.2) is 0 Å². The number of piperidine rings is 1. The third kappa shape index (κ3) is 4.91. The number of hydrogen-bond acceptors (Lipinski definition) is 3. The van der Waals surface area contributed by atoms with Crippen LogP contribution in [0.15, 0.2) is 0 Å². The Bertz CT molecular complexity index is 327. The minimum Gasteiger partial charge on any atom is -0.314 e. The Morgan fingerprint density at radius 2 is 1.76 bits per heavy atom. The largest absolute Gasteiger partial charge is 0.314 e. The topological polar surface area (TPSA) is 61.4 Å². The highest BCUT2D eigenvalue weighted by molar-refractivity contribution is 7.87. The van der Waals surface area contributed by atoms with Crippen molar-refractivity contribution in [3.05, 3.63) is 0 Å². The monoisotopic (exact) mass is 263 g/mol. The van der Waals surface area contributed by atoms with E-state index < -0.39 is 15.7 Å². The molecule has 0 amide bonds. The van der Waals surface area contributed by atoms with Crippen molar-refractivity contribution >= 4 is 10.2 Å². The average molecular weight is 263 g/mol. The van der Waals surface area contributed by atoms with Crippen molar-refractivity contribution in [1.82, 2.24) is 14.3 Å². The zero-order valence-electron chi connectivity index (χ0n) is 11.3. The summed E-state index contributed by atoms with van der Waals surface area (Å²) in [5.41, 5.74) is -0.419. The zero-order valence-corrected chi connectivity index (χ0v) is 12.1. The second-order valence-electron chi connectivity index (χ2n) is 5.59. The van der Waals surface area contributed by atoms with Crippen LogP contribution >= 0.6 is 0 Å². The lowest BCUT2D eigenvalue weighted by Gasteiger charge is -2.33. The predicted molar refractivity (Wildman–Crippen MR) is 70.1 cm³/mol. The Morgan fingerprint density at radius 3 is 2.18 bits per heavy atom. The molecule has 0 aromatic rings. The fourth-order valence-corrected chi connectivity index (χ4v) is 3.63. The van der Waals surface area contributed by atoms with Gasteiger partial charge >= 0.3 is 0 Å². The molecule has 5 nitrogen and oxygen atoms in total. The van der Waals surface area contributed by atoms with Crippen molar-refractivity contribution in [2.75, 3.05) is 19.6 Å². The maximum absolute atomic E-state index is 12.1. The first-order valence-electron chi connectivity index (χ1n) is 6.27. The summed E-state index contributed by atoms with van der Waals surface area (Å²) in [6, 6.07) is 0.459. The summed E-state index contributed by atoms with van der Waals surface area (Å²) in [7, 11) is -3.32. The first-order valence-corrected chi connectivity index (χ1v) is 7.71. The molecular formula is C11H25N3O2S. The molecular weight excluding hydrogens is 238 g/mol. The summed E-state index contributed by atoms with van der Waals surface area (Å²) in [6.45, 7) is 9.79. The summed E-state index contributed by atoms with van der Waals surface area (Å²) < 4.78 is 28.4. The molecule has 0 bridgehead atoms. The molecule has 0 unspecified atom stereocenters. The number of hydrogen-bond donors (Lipinski definition) is 2. The Labute approximate surface area is 105 Å². The van der Waals surface area contributed by atoms with Gasteiger partial charge in [0.1, 0.15) is 0 Å². The van der Waals surface area contributed by atoms with Gasteiger partial charge in [-0.1, -0.05) is 6.92 Å². The van der Waals surface area contributed by atoms with Gasteiger partial charge in [0.25, 0.3) is 10.2 Å². The van der Waals surface area contributed by atoms with Gasteiger partial charge in [0.05, 0.1) is 0 Å². The second kappa shape index (κ2) is 5.65. The Morgan fingerprint density at radius 1 is 1.24 bits per heavy atom. The van der Waals surface area contributed by atoms with Crippen LogP contribution in [0.4, 0.5) is 0 Å². The molecule has 0 spiro atoms. The van der Waals surface area contributed by atoms with Gasteiger partial charge in [-0.15, -0.1) is 0 Å². The quantitative estimate of drug-likeness (QED) is 0.784. The van der Waals surface area contributed by atoms with E-state index >= 15 is 0 Å². The van der Waals surface area contributed by atoms with Gasteiger partial charge in [-0.05, 0) is 40.2 Å². The van der Waals surface area contributed by atoms with Crippen LogP contribution in [-0.2, 0) is 10.2 Å². The molecule has 6 heteroatoms. The lowest BCUT2D eigenvalue weighted by Crippen LogP contribution is -2.52. The molecule has 1 aliphatic rings. The zero-order chi connectivity index (χ0) is 13.1. The molecule has 0 aliphatic carbocycles. The van der Waals surface area contributed by atoms with Crippen LogP contribution in [0.1, 0.15) is 40.5 Å². The Hall–Kier alpha value is -0.170. The molecule has 17 heavy (non-hydrogen) atoms. The predicted octanol–water partition coefficient (Wildman–Crippen LogP) is 0.693. The van der Waals surface area contributed by atoms with Crippen molar-refractivity contribution in [3.63, 3.8) is 0 Å². The summed E-state index contributed by atoms with van der Waals surface area (Å²) in [5, 5.41) is 3.36. The van der Waals surface area contributed by atoms with Crippen LogP contribution in [0.2, 0.25) is 0 Å². The van der Waals surface area contributed by atoms with E-state index in [2.05, 4.69) is 17.0 Å². The van der Waals surface area contributed by atoms with Crippen molar-refractivity contribution in [2.24, 2.45) is 0 Å². The molecule has 1 fully saturated rings. The van der Waals surface area contributed by atoms with E-state index in [0.717, 1.165) is 19.4 Å². The van der Waals surface area contributed by atoms with Crippen LogP contribution in [-0.4, -0.2) is 43.9 Å². The van der Waals surface area contributed by atoms with Crippen LogP contribution in [0.25, 0.3) is 0 Å². The van der Waals surface area contributed by atoms with Gasteiger partial charge < -0.3 is 5.32 Å². The maximum Gasteiger partial charge on any atom is 0.279 e. The average Bonchev–Trinajstić information content (AvgIpc) is 2.15. The van der Waals surface area contributed by atoms with E-state index in [9.17, 15) is 8.42 Å². The molecule has 0 saturated carbocycles. The molecule has 0 atom stereocenters. The highest BCUT2D eigenvalue weighted by Crippen LogP contribution is 2.15. The lowest BCUT2D eigenvalue weighted by molar-refractivity contribution is 0.285. The molecule has 2 N–H and O–H groups in total. The molecule has 0 radical (unpaired) electrons. The van der Waals surface area contributed by atoms with Crippen LogP contribution in [0.3, 0.4) is 0 Å². The fraction of sp³-hybridized carbons (Fsp3) is 1.00. The van der Waals surface area contributed by atoms with Gasteiger partial charge in [0.15, 0.2) is 0 Å². The molecule has 0 aromatic carbocycles. The summed E-state index contributed by atoms with van der Waals surface area (Å²) in [5.74, 6) is 0. The number of rotatable bonds is 4. The van der Waals surface area contributed by atoms with E-state index in [1.807, 2.05) is 20.8 Å². The fourth-order valence-electron chi connectivity index (χ4n) is 2.04. The highest BCUT2D eigenvalue weighted by Gasteiger charge is 2.30. The summed E-state index contributed by atoms with van der Waals surface area (Å²) >= 11 is 0.